The maximum atomic E-state index is 15.1. The first kappa shape index (κ1) is 33.9. The van der Waals surface area contributed by atoms with E-state index in [-0.39, 0.29) is 73.4 Å². The molecule has 2 heterocycles. The third-order valence-electron chi connectivity index (χ3n) is 10.2. The van der Waals surface area contributed by atoms with Gasteiger partial charge < -0.3 is 14.5 Å². The zero-order chi connectivity index (χ0) is 34.9. The number of sulfone groups is 1. The molecule has 0 bridgehead atoms. The largest absolute Gasteiger partial charge is 0.481 e. The van der Waals surface area contributed by atoms with Gasteiger partial charge in [-0.15, -0.1) is 0 Å². The number of rotatable bonds is 6. The Morgan fingerprint density at radius 3 is 2.06 bits per heavy atom. The third kappa shape index (κ3) is 5.08. The van der Waals surface area contributed by atoms with Crippen LogP contribution >= 0.6 is 0 Å². The molecule has 1 aliphatic heterocycles. The first-order valence-corrected chi connectivity index (χ1v) is 16.7. The fraction of sp³-hybridized carbons (Fsp3) is 0.469. The minimum atomic E-state index is -6.36. The van der Waals surface area contributed by atoms with Crippen LogP contribution in [0.25, 0.3) is 11.1 Å². The Hall–Kier alpha value is -3.95. The Morgan fingerprint density at radius 2 is 1.50 bits per heavy atom. The molecule has 258 valence electrons. The quantitative estimate of drug-likeness (QED) is 0.283. The van der Waals surface area contributed by atoms with Crippen molar-refractivity contribution < 1.29 is 58.4 Å². The van der Waals surface area contributed by atoms with E-state index in [2.05, 4.69) is 5.16 Å². The summed E-state index contributed by atoms with van der Waals surface area (Å²) in [6, 6.07) is 6.12. The minimum Gasteiger partial charge on any atom is -0.481 e. The number of halogens is 7. The fourth-order valence-electron chi connectivity index (χ4n) is 7.70. The summed E-state index contributed by atoms with van der Waals surface area (Å²) < 4.78 is 129. The van der Waals surface area contributed by atoms with Crippen LogP contribution in [-0.4, -0.2) is 60.4 Å². The predicted octanol–water partition coefficient (Wildman–Crippen LogP) is 6.74. The highest BCUT2D eigenvalue weighted by atomic mass is 32.2. The van der Waals surface area contributed by atoms with Gasteiger partial charge in [-0.1, -0.05) is 35.5 Å². The Balaban J connectivity index is 1.45. The van der Waals surface area contributed by atoms with Crippen LogP contribution < -0.4 is 0 Å². The predicted molar refractivity (Wildman–Crippen MR) is 154 cm³/mol. The number of carbonyl (C=O) groups excluding carboxylic acids is 1. The monoisotopic (exact) mass is 702 g/mol. The smallest absolute Gasteiger partial charge is 0.435 e. The molecule has 2 aliphatic carbocycles. The van der Waals surface area contributed by atoms with Crippen molar-refractivity contribution in [3.8, 4) is 11.1 Å². The molecule has 2 unspecified atom stereocenters. The molecule has 0 spiro atoms. The second-order valence-corrected chi connectivity index (χ2v) is 14.8. The van der Waals surface area contributed by atoms with Crippen molar-refractivity contribution in [1.29, 1.82) is 0 Å². The van der Waals surface area contributed by atoms with E-state index in [1.165, 1.54) is 41.6 Å². The Kier molecular flexibility index (Phi) is 8.19. The number of hydrogen-bond acceptors (Lipinski definition) is 6. The number of carboxylic acids is 1. The van der Waals surface area contributed by atoms with Crippen LogP contribution in [0.5, 0.6) is 0 Å². The van der Waals surface area contributed by atoms with E-state index in [0.29, 0.717) is 23.3 Å². The number of benzene rings is 2. The van der Waals surface area contributed by atoms with Crippen molar-refractivity contribution in [3.63, 3.8) is 0 Å². The molecular weight excluding hydrogens is 673 g/mol. The van der Waals surface area contributed by atoms with Gasteiger partial charge in [0.2, 0.25) is 5.91 Å². The lowest BCUT2D eigenvalue weighted by Crippen LogP contribution is -2.53. The molecule has 1 saturated carbocycles. The van der Waals surface area contributed by atoms with Gasteiger partial charge in [0.25, 0.3) is 0 Å². The normalized spacial score (nSPS) is 25.0. The van der Waals surface area contributed by atoms with Crippen LogP contribution in [0, 0.1) is 11.8 Å². The standard InChI is InChI=1S/C32H29F7N2O6S/c33-30(31(34,35)36,32(37,38)39)23-8-11-25-21(15-23)7-12-26-29(25,13-14-41(26)27(42)19-1-3-20(4-2-19)28(43)44)48(45,46)24-9-5-18(6-10-24)22-16-40-47-17-22/h5-6,8-11,15-17,19-20,26H,1-4,7,12-14H2,(H,43,44)/t19-,20-,26?,29?. The van der Waals surface area contributed by atoms with Gasteiger partial charge in [0, 0.05) is 23.6 Å². The van der Waals surface area contributed by atoms with Crippen LogP contribution in [0.3, 0.4) is 0 Å². The van der Waals surface area contributed by atoms with Crippen molar-refractivity contribution in [3.05, 3.63) is 71.6 Å². The maximum absolute atomic E-state index is 15.1. The van der Waals surface area contributed by atoms with E-state index < -0.39 is 62.0 Å². The second-order valence-electron chi connectivity index (χ2n) is 12.6. The number of aryl methyl sites for hydroxylation is 1. The number of fused-ring (bicyclic) bond motifs is 3. The molecule has 2 fully saturated rings. The van der Waals surface area contributed by atoms with Crippen LogP contribution in [0.15, 0.2) is 64.3 Å². The average Bonchev–Trinajstić information content (AvgIpc) is 3.72. The molecule has 3 aliphatic rings. The molecule has 48 heavy (non-hydrogen) atoms. The van der Waals surface area contributed by atoms with Gasteiger partial charge in [-0.05, 0) is 73.8 Å². The molecule has 6 rings (SSSR count). The number of carboxylic acid groups (broad SMARTS) is 1. The number of aliphatic carboxylic acids is 1. The van der Waals surface area contributed by atoms with E-state index in [1.807, 2.05) is 0 Å². The van der Waals surface area contributed by atoms with Crippen molar-refractivity contribution in [1.82, 2.24) is 10.1 Å². The SMILES string of the molecule is O=C(O)[C@H]1CC[C@H](C(=O)N2CCC3(S(=O)(=O)c4ccc(-c5cnoc5)cc4)c4ccc(C(F)(C(F)(F)F)C(F)(F)F)cc4CCC23)CC1. The lowest BCUT2D eigenvalue weighted by Gasteiger charge is -2.44. The van der Waals surface area contributed by atoms with Gasteiger partial charge in [-0.25, -0.2) is 12.8 Å². The van der Waals surface area contributed by atoms with E-state index in [9.17, 15) is 49.5 Å². The number of aromatic nitrogens is 1. The van der Waals surface area contributed by atoms with Gasteiger partial charge in [0.15, 0.2) is 9.84 Å². The summed E-state index contributed by atoms with van der Waals surface area (Å²) >= 11 is 0. The van der Waals surface area contributed by atoms with Crippen molar-refractivity contribution in [2.24, 2.45) is 11.8 Å². The molecule has 1 amide bonds. The van der Waals surface area contributed by atoms with Crippen LogP contribution in [0.4, 0.5) is 30.7 Å². The molecule has 16 heteroatoms. The van der Waals surface area contributed by atoms with Crippen molar-refractivity contribution in [2.45, 2.75) is 78.7 Å². The summed E-state index contributed by atoms with van der Waals surface area (Å²) in [5.74, 6) is -2.56. The number of likely N-dealkylation sites (tertiary alicyclic amines) is 1. The fourth-order valence-corrected chi connectivity index (χ4v) is 10.1. The molecule has 1 saturated heterocycles. The summed E-state index contributed by atoms with van der Waals surface area (Å²) in [4.78, 5) is 26.6. The molecule has 2 atom stereocenters. The Bertz CT molecular complexity index is 1800. The van der Waals surface area contributed by atoms with Crippen molar-refractivity contribution >= 4 is 21.7 Å². The van der Waals surface area contributed by atoms with Gasteiger partial charge in [-0.3, -0.25) is 9.59 Å². The molecule has 0 radical (unpaired) electrons. The number of alkyl halides is 7. The number of amides is 1. The zero-order valence-electron chi connectivity index (χ0n) is 25.0. The zero-order valence-corrected chi connectivity index (χ0v) is 25.8. The summed E-state index contributed by atoms with van der Waals surface area (Å²) in [6.07, 6.45) is -9.54. The first-order chi connectivity index (χ1) is 22.4. The molecule has 1 aromatic heterocycles. The van der Waals surface area contributed by atoms with Gasteiger partial charge in [0.05, 0.1) is 23.1 Å². The summed E-state index contributed by atoms with van der Waals surface area (Å²) in [6.45, 7) is -0.0836. The van der Waals surface area contributed by atoms with E-state index in [0.717, 1.165) is 6.07 Å². The number of hydrogen-bond donors (Lipinski definition) is 1. The van der Waals surface area contributed by atoms with Gasteiger partial charge >= 0.3 is 24.0 Å². The highest BCUT2D eigenvalue weighted by molar-refractivity contribution is 7.92. The second kappa shape index (κ2) is 11.6. The maximum Gasteiger partial charge on any atom is 0.435 e. The molecule has 3 aromatic rings. The third-order valence-corrected chi connectivity index (χ3v) is 12.7. The minimum absolute atomic E-state index is 0.0836. The lowest BCUT2D eigenvalue weighted by molar-refractivity contribution is -0.348. The molecular formula is C32H29F7N2O6S. The highest BCUT2D eigenvalue weighted by Gasteiger charge is 2.74. The van der Waals surface area contributed by atoms with Crippen LogP contribution in [0.2, 0.25) is 0 Å². The highest BCUT2D eigenvalue weighted by Crippen LogP contribution is 2.57. The topological polar surface area (TPSA) is 118 Å². The average molecular weight is 703 g/mol. The van der Waals surface area contributed by atoms with E-state index in [1.54, 1.807) is 0 Å². The van der Waals surface area contributed by atoms with E-state index >= 15 is 4.39 Å². The Morgan fingerprint density at radius 1 is 0.875 bits per heavy atom. The van der Waals surface area contributed by atoms with Crippen molar-refractivity contribution in [2.75, 3.05) is 6.54 Å². The first-order valence-electron chi connectivity index (χ1n) is 15.2. The van der Waals surface area contributed by atoms with Crippen LogP contribution in [0.1, 0.15) is 55.2 Å². The van der Waals surface area contributed by atoms with E-state index in [4.69, 9.17) is 4.52 Å². The molecule has 1 N–H and O–H groups in total. The molecule has 2 aromatic carbocycles. The number of nitrogens with zero attached hydrogens (tertiary/aromatic N) is 2. The number of carbonyl (C=O) groups is 2. The summed E-state index contributed by atoms with van der Waals surface area (Å²) in [5, 5.41) is 13.0. The Labute approximate surface area is 269 Å². The molecule has 8 nitrogen and oxygen atoms in total. The van der Waals surface area contributed by atoms with Gasteiger partial charge in [0.1, 0.15) is 11.0 Å². The van der Waals surface area contributed by atoms with Crippen LogP contribution in [-0.2, 0) is 36.3 Å². The lowest BCUT2D eigenvalue weighted by atomic mass is 9.76. The summed E-state index contributed by atoms with van der Waals surface area (Å²) in [5.41, 5.74) is -6.61. The summed E-state index contributed by atoms with van der Waals surface area (Å²) in [7, 11) is -4.53. The van der Waals surface area contributed by atoms with Gasteiger partial charge in [-0.2, -0.15) is 26.3 Å².